The topological polar surface area (TPSA) is 98.4 Å². The van der Waals surface area contributed by atoms with Gasteiger partial charge in [0.2, 0.25) is 0 Å². The van der Waals surface area contributed by atoms with Crippen LogP contribution >= 0.6 is 0 Å². The van der Waals surface area contributed by atoms with E-state index in [1.54, 1.807) is 54.6 Å². The van der Waals surface area contributed by atoms with Gasteiger partial charge in [-0.05, 0) is 74.5 Å². The van der Waals surface area contributed by atoms with Crippen LogP contribution in [0, 0.1) is 0 Å². The van der Waals surface area contributed by atoms with E-state index < -0.39 is 17.7 Å². The van der Waals surface area contributed by atoms with Crippen molar-refractivity contribution in [2.75, 3.05) is 18.1 Å². The second-order valence-corrected chi connectivity index (χ2v) is 8.62. The van der Waals surface area contributed by atoms with E-state index in [4.69, 9.17) is 18.6 Å². The first-order valence-electron chi connectivity index (χ1n) is 12.6. The molecule has 5 rings (SSSR count). The number of para-hydroxylation sites is 1. The summed E-state index contributed by atoms with van der Waals surface area (Å²) in [5, 5.41) is 11.5. The molecule has 0 radical (unpaired) electrons. The van der Waals surface area contributed by atoms with Gasteiger partial charge < -0.3 is 23.7 Å². The number of ether oxygens (including phenoxy) is 3. The molecule has 1 amide bonds. The number of rotatable bonds is 9. The van der Waals surface area contributed by atoms with Crippen LogP contribution < -0.4 is 19.1 Å². The first kappa shape index (κ1) is 25.7. The lowest BCUT2D eigenvalue weighted by Crippen LogP contribution is -2.29. The Morgan fingerprint density at radius 1 is 0.846 bits per heavy atom. The molecule has 1 aliphatic heterocycles. The quantitative estimate of drug-likeness (QED) is 0.151. The molecule has 8 nitrogen and oxygen atoms in total. The molecule has 0 aliphatic carbocycles. The molecule has 0 bridgehead atoms. The van der Waals surface area contributed by atoms with Crippen molar-refractivity contribution < 1.29 is 33.3 Å². The van der Waals surface area contributed by atoms with Crippen molar-refractivity contribution >= 4 is 23.1 Å². The Balaban J connectivity index is 1.57. The average Bonchev–Trinajstić information content (AvgIpc) is 3.57. The number of hydrogen-bond donors (Lipinski definition) is 1. The number of carbonyl (C=O) groups is 2. The number of furan rings is 1. The van der Waals surface area contributed by atoms with Crippen LogP contribution in [0.25, 0.3) is 5.76 Å². The van der Waals surface area contributed by atoms with E-state index in [9.17, 15) is 14.7 Å². The van der Waals surface area contributed by atoms with Gasteiger partial charge in [0.1, 0.15) is 40.6 Å². The summed E-state index contributed by atoms with van der Waals surface area (Å²) in [6, 6.07) is 23.3. The minimum absolute atomic E-state index is 0.107. The largest absolute Gasteiger partial charge is 0.507 e. The zero-order valence-corrected chi connectivity index (χ0v) is 21.5. The molecule has 1 unspecified atom stereocenters. The third kappa shape index (κ3) is 5.09. The van der Waals surface area contributed by atoms with Crippen molar-refractivity contribution in [1.29, 1.82) is 0 Å². The fourth-order valence-electron chi connectivity index (χ4n) is 4.49. The molecule has 1 fully saturated rings. The Bertz CT molecular complexity index is 1490. The molecule has 198 valence electrons. The van der Waals surface area contributed by atoms with Gasteiger partial charge in [-0.15, -0.1) is 0 Å². The van der Waals surface area contributed by atoms with E-state index in [0.717, 1.165) is 0 Å². The number of anilines is 1. The van der Waals surface area contributed by atoms with Gasteiger partial charge in [-0.2, -0.15) is 0 Å². The van der Waals surface area contributed by atoms with Gasteiger partial charge in [0.25, 0.3) is 11.7 Å². The summed E-state index contributed by atoms with van der Waals surface area (Å²) in [6.07, 6.45) is 1.45. The zero-order valence-electron chi connectivity index (χ0n) is 21.5. The maximum atomic E-state index is 13.4. The molecule has 39 heavy (non-hydrogen) atoms. The fraction of sp³-hybridized carbons (Fsp3) is 0.161. The maximum absolute atomic E-state index is 13.4. The molecule has 8 heteroatoms. The van der Waals surface area contributed by atoms with Gasteiger partial charge in [0.05, 0.1) is 30.6 Å². The number of amides is 1. The van der Waals surface area contributed by atoms with E-state index in [1.165, 1.54) is 11.2 Å². The van der Waals surface area contributed by atoms with Crippen molar-refractivity contribution in [2.45, 2.75) is 19.9 Å². The molecule has 1 aromatic heterocycles. The van der Waals surface area contributed by atoms with Gasteiger partial charge in [0, 0.05) is 11.8 Å². The summed E-state index contributed by atoms with van der Waals surface area (Å²) in [6.45, 7) is 4.45. The molecule has 0 saturated carbocycles. The van der Waals surface area contributed by atoms with Gasteiger partial charge in [-0.1, -0.05) is 18.2 Å². The van der Waals surface area contributed by atoms with Crippen molar-refractivity contribution in [2.24, 2.45) is 0 Å². The molecule has 1 saturated heterocycles. The molecule has 1 atom stereocenters. The van der Waals surface area contributed by atoms with Crippen molar-refractivity contribution in [3.63, 3.8) is 0 Å². The number of ketones is 1. The molecule has 2 heterocycles. The number of nitrogens with zero attached hydrogens (tertiary/aromatic N) is 1. The lowest BCUT2D eigenvalue weighted by Gasteiger charge is -2.23. The van der Waals surface area contributed by atoms with E-state index in [-0.39, 0.29) is 16.9 Å². The summed E-state index contributed by atoms with van der Waals surface area (Å²) in [5.74, 6) is 0.435. The van der Waals surface area contributed by atoms with Gasteiger partial charge in [-0.3, -0.25) is 14.5 Å². The highest BCUT2D eigenvalue weighted by Gasteiger charge is 2.48. The lowest BCUT2D eigenvalue weighted by molar-refractivity contribution is -0.132. The second-order valence-electron chi connectivity index (χ2n) is 8.62. The molecule has 3 aromatic carbocycles. The summed E-state index contributed by atoms with van der Waals surface area (Å²) >= 11 is 0. The van der Waals surface area contributed by atoms with Crippen LogP contribution in [0.15, 0.2) is 101 Å². The summed E-state index contributed by atoms with van der Waals surface area (Å²) < 4.78 is 22.8. The minimum atomic E-state index is -0.998. The van der Waals surface area contributed by atoms with Crippen LogP contribution in [-0.2, 0) is 9.59 Å². The van der Waals surface area contributed by atoms with Crippen LogP contribution in [0.2, 0.25) is 0 Å². The SMILES string of the molecule is CCOc1ccc(/C(O)=C2/C(=O)C(=O)N(c3ccc(Oc4ccccc4)cc3)C2c2ccco2)c(OCC)c1. The highest BCUT2D eigenvalue weighted by Crippen LogP contribution is 2.44. The predicted molar refractivity (Wildman–Crippen MR) is 145 cm³/mol. The Morgan fingerprint density at radius 2 is 1.54 bits per heavy atom. The first-order chi connectivity index (χ1) is 19.0. The Labute approximate surface area is 225 Å². The number of hydrogen-bond acceptors (Lipinski definition) is 7. The Hall–Kier alpha value is -4.98. The van der Waals surface area contributed by atoms with Crippen LogP contribution in [0.4, 0.5) is 5.69 Å². The van der Waals surface area contributed by atoms with E-state index in [0.29, 0.717) is 47.7 Å². The summed E-state index contributed by atoms with van der Waals surface area (Å²) in [5.41, 5.74) is 0.598. The normalized spacial score (nSPS) is 16.4. The lowest BCUT2D eigenvalue weighted by atomic mass is 9.98. The van der Waals surface area contributed by atoms with Gasteiger partial charge in [-0.25, -0.2) is 0 Å². The maximum Gasteiger partial charge on any atom is 0.300 e. The third-order valence-corrected chi connectivity index (χ3v) is 6.17. The van der Waals surface area contributed by atoms with E-state index >= 15 is 0 Å². The van der Waals surface area contributed by atoms with Crippen molar-refractivity contribution in [3.8, 4) is 23.0 Å². The number of Topliss-reactive ketones (excluding diaryl/α,β-unsaturated/α-hetero) is 1. The minimum Gasteiger partial charge on any atom is -0.507 e. The Kier molecular flexibility index (Phi) is 7.36. The molecular weight excluding hydrogens is 498 g/mol. The second kappa shape index (κ2) is 11.2. The highest BCUT2D eigenvalue weighted by atomic mass is 16.5. The number of carbonyl (C=O) groups excluding carboxylic acids is 2. The highest BCUT2D eigenvalue weighted by molar-refractivity contribution is 6.51. The fourth-order valence-corrected chi connectivity index (χ4v) is 4.49. The molecular formula is C31H27NO7. The molecule has 0 spiro atoms. The van der Waals surface area contributed by atoms with Crippen LogP contribution in [0.5, 0.6) is 23.0 Å². The zero-order chi connectivity index (χ0) is 27.4. The van der Waals surface area contributed by atoms with Gasteiger partial charge >= 0.3 is 0 Å². The van der Waals surface area contributed by atoms with Crippen LogP contribution in [-0.4, -0.2) is 30.0 Å². The monoisotopic (exact) mass is 525 g/mol. The number of benzene rings is 3. The Morgan fingerprint density at radius 3 is 2.21 bits per heavy atom. The van der Waals surface area contributed by atoms with E-state index in [1.807, 2.05) is 44.2 Å². The number of aliphatic hydroxyl groups is 1. The van der Waals surface area contributed by atoms with Gasteiger partial charge in [0.15, 0.2) is 0 Å². The van der Waals surface area contributed by atoms with E-state index in [2.05, 4.69) is 0 Å². The number of aliphatic hydroxyl groups excluding tert-OH is 1. The van der Waals surface area contributed by atoms with Crippen molar-refractivity contribution in [3.05, 3.63) is 108 Å². The molecule has 1 N–H and O–H groups in total. The molecule has 4 aromatic rings. The van der Waals surface area contributed by atoms with Crippen LogP contribution in [0.3, 0.4) is 0 Å². The first-order valence-corrected chi connectivity index (χ1v) is 12.6. The average molecular weight is 526 g/mol. The summed E-state index contributed by atoms with van der Waals surface area (Å²) in [7, 11) is 0. The van der Waals surface area contributed by atoms with Crippen LogP contribution in [0.1, 0.15) is 31.2 Å². The summed E-state index contributed by atoms with van der Waals surface area (Å²) in [4.78, 5) is 28.1. The smallest absolute Gasteiger partial charge is 0.300 e. The standard InChI is InChI=1S/C31H27NO7/c1-3-36-23-16-17-24(26(19-23)37-4-2)29(33)27-28(25-11-8-18-38-25)32(31(35)30(27)34)20-12-14-22(15-13-20)39-21-9-6-5-7-10-21/h5-19,28,33H,3-4H2,1-2H3/b29-27-. The predicted octanol–water partition coefficient (Wildman–Crippen LogP) is 6.50. The third-order valence-electron chi connectivity index (χ3n) is 6.17. The molecule has 1 aliphatic rings. The van der Waals surface area contributed by atoms with Crippen molar-refractivity contribution in [1.82, 2.24) is 0 Å².